The molecule has 1 heterocycles. The standard InChI is InChI=1S/C8H13NO.C6H8N2.ClH.H4N2/c1-9(2)6-5-8(10)7-3-4-7;1-2-5(1)6-3-4-7-8-6;;1-2/h5-7H,3-4H2,1-2H3;3-5H,1-2H2,(H,7,8);1H;1-2H2/b6-5-;;;. The van der Waals surface area contributed by atoms with Gasteiger partial charge in [-0.05, 0) is 37.8 Å². The summed E-state index contributed by atoms with van der Waals surface area (Å²) in [5.41, 5.74) is 1.31. The van der Waals surface area contributed by atoms with Crippen molar-refractivity contribution >= 4 is 18.2 Å². The first kappa shape index (κ1) is 19.6. The molecule has 0 atom stereocenters. The highest BCUT2D eigenvalue weighted by Crippen LogP contribution is 2.38. The zero-order chi connectivity index (χ0) is 15.0. The van der Waals surface area contributed by atoms with Crippen LogP contribution in [0.25, 0.3) is 0 Å². The first-order chi connectivity index (χ1) is 9.66. The quantitative estimate of drug-likeness (QED) is 0.445. The molecule has 0 aliphatic heterocycles. The van der Waals surface area contributed by atoms with Crippen LogP contribution in [0.15, 0.2) is 24.5 Å². The predicted molar refractivity (Wildman–Crippen MR) is 86.7 cm³/mol. The third-order valence-corrected chi connectivity index (χ3v) is 3.06. The summed E-state index contributed by atoms with van der Waals surface area (Å²) in [5.74, 6) is 9.46. The summed E-state index contributed by atoms with van der Waals surface area (Å²) in [4.78, 5) is 12.9. The van der Waals surface area contributed by atoms with Crippen molar-refractivity contribution in [1.29, 1.82) is 0 Å². The Morgan fingerprint density at radius 1 is 1.33 bits per heavy atom. The average Bonchev–Trinajstić information content (AvgIpc) is 3.39. The van der Waals surface area contributed by atoms with Gasteiger partial charge in [0.15, 0.2) is 5.78 Å². The van der Waals surface area contributed by atoms with E-state index < -0.39 is 0 Å². The number of ketones is 1. The Hall–Kier alpha value is -1.37. The fraction of sp³-hybridized carbons (Fsp3) is 0.571. The summed E-state index contributed by atoms with van der Waals surface area (Å²) < 4.78 is 0. The lowest BCUT2D eigenvalue weighted by Crippen LogP contribution is -2.03. The maximum atomic E-state index is 11.0. The van der Waals surface area contributed by atoms with Crippen LogP contribution in [0.3, 0.4) is 0 Å². The van der Waals surface area contributed by atoms with Crippen molar-refractivity contribution < 1.29 is 4.79 Å². The highest BCUT2D eigenvalue weighted by molar-refractivity contribution is 5.93. The summed E-state index contributed by atoms with van der Waals surface area (Å²) in [6.07, 6.45) is 10.2. The first-order valence-corrected chi connectivity index (χ1v) is 6.88. The second kappa shape index (κ2) is 10.4. The molecule has 1 aromatic rings. The highest BCUT2D eigenvalue weighted by atomic mass is 35.5. The Labute approximate surface area is 132 Å². The van der Waals surface area contributed by atoms with E-state index in [2.05, 4.69) is 27.9 Å². The number of nitrogens with one attached hydrogen (secondary N) is 1. The van der Waals surface area contributed by atoms with E-state index in [9.17, 15) is 4.79 Å². The minimum absolute atomic E-state index is 0. The molecule has 5 N–H and O–H groups in total. The van der Waals surface area contributed by atoms with Crippen molar-refractivity contribution in [3.63, 3.8) is 0 Å². The highest BCUT2D eigenvalue weighted by Gasteiger charge is 2.27. The fourth-order valence-electron chi connectivity index (χ4n) is 1.61. The average molecular weight is 316 g/mol. The van der Waals surface area contributed by atoms with Crippen LogP contribution in [-0.2, 0) is 4.79 Å². The largest absolute Gasteiger partial charge is 0.383 e. The molecule has 2 aliphatic carbocycles. The number of rotatable bonds is 4. The lowest BCUT2D eigenvalue weighted by molar-refractivity contribution is -0.115. The monoisotopic (exact) mass is 315 g/mol. The number of allylic oxidation sites excluding steroid dienone is 1. The zero-order valence-electron chi connectivity index (χ0n) is 12.7. The minimum atomic E-state index is 0. The molecule has 21 heavy (non-hydrogen) atoms. The number of hydrazine groups is 1. The number of carbonyl (C=O) groups is 1. The molecule has 0 radical (unpaired) electrons. The topological polar surface area (TPSA) is 101 Å². The van der Waals surface area contributed by atoms with Crippen molar-refractivity contribution in [3.8, 4) is 0 Å². The van der Waals surface area contributed by atoms with Crippen molar-refractivity contribution in [1.82, 2.24) is 15.1 Å². The summed E-state index contributed by atoms with van der Waals surface area (Å²) >= 11 is 0. The molecule has 0 spiro atoms. The molecule has 0 aromatic carbocycles. The lowest BCUT2D eigenvalue weighted by atomic mass is 10.2. The van der Waals surface area contributed by atoms with E-state index in [0.717, 1.165) is 18.8 Å². The van der Waals surface area contributed by atoms with Crippen LogP contribution in [0, 0.1) is 5.92 Å². The van der Waals surface area contributed by atoms with Gasteiger partial charge in [-0.2, -0.15) is 5.10 Å². The van der Waals surface area contributed by atoms with Crippen LogP contribution in [0.5, 0.6) is 0 Å². The summed E-state index contributed by atoms with van der Waals surface area (Å²) in [6, 6.07) is 2.05. The number of H-pyrrole nitrogens is 1. The smallest absolute Gasteiger partial charge is 0.160 e. The fourth-order valence-corrected chi connectivity index (χ4v) is 1.61. The molecule has 2 saturated carbocycles. The van der Waals surface area contributed by atoms with Gasteiger partial charge in [0.05, 0.1) is 0 Å². The van der Waals surface area contributed by atoms with Gasteiger partial charge < -0.3 is 4.90 Å². The van der Waals surface area contributed by atoms with Gasteiger partial charge in [-0.25, -0.2) is 0 Å². The van der Waals surface area contributed by atoms with E-state index in [1.165, 1.54) is 18.5 Å². The summed E-state index contributed by atoms with van der Waals surface area (Å²) in [6.45, 7) is 0. The van der Waals surface area contributed by atoms with Crippen LogP contribution in [0.4, 0.5) is 0 Å². The van der Waals surface area contributed by atoms with Gasteiger partial charge >= 0.3 is 0 Å². The summed E-state index contributed by atoms with van der Waals surface area (Å²) in [5, 5.41) is 6.81. The van der Waals surface area contributed by atoms with Crippen LogP contribution in [0.1, 0.15) is 37.3 Å². The van der Waals surface area contributed by atoms with E-state index in [1.807, 2.05) is 25.2 Å². The molecule has 120 valence electrons. The summed E-state index contributed by atoms with van der Waals surface area (Å²) in [7, 11) is 3.83. The number of carbonyl (C=O) groups excluding carboxylic acids is 1. The van der Waals surface area contributed by atoms with E-state index in [-0.39, 0.29) is 18.2 Å². The van der Waals surface area contributed by atoms with Gasteiger partial charge in [0.25, 0.3) is 0 Å². The van der Waals surface area contributed by atoms with Gasteiger partial charge in [0.1, 0.15) is 0 Å². The maximum absolute atomic E-state index is 11.0. The van der Waals surface area contributed by atoms with Crippen LogP contribution in [0.2, 0.25) is 0 Å². The molecule has 2 aliphatic rings. The molecule has 0 bridgehead atoms. The molecule has 0 saturated heterocycles. The van der Waals surface area contributed by atoms with E-state index in [4.69, 9.17) is 0 Å². The number of nitrogens with two attached hydrogens (primary N) is 2. The van der Waals surface area contributed by atoms with E-state index in [0.29, 0.717) is 5.92 Å². The molecule has 1 aromatic heterocycles. The Balaban J connectivity index is 0.000000331. The predicted octanol–water partition coefficient (Wildman–Crippen LogP) is 1.57. The molecule has 3 rings (SSSR count). The number of halogens is 1. The number of aromatic nitrogens is 2. The third kappa shape index (κ3) is 8.49. The number of aromatic amines is 1. The van der Waals surface area contributed by atoms with Gasteiger partial charge in [0.2, 0.25) is 0 Å². The minimum Gasteiger partial charge on any atom is -0.383 e. The van der Waals surface area contributed by atoms with Crippen molar-refractivity contribution in [2.24, 2.45) is 17.6 Å². The molecule has 0 unspecified atom stereocenters. The third-order valence-electron chi connectivity index (χ3n) is 3.06. The lowest BCUT2D eigenvalue weighted by Gasteiger charge is -2.01. The Bertz CT molecular complexity index is 411. The Morgan fingerprint density at radius 2 is 1.95 bits per heavy atom. The second-order valence-corrected chi connectivity index (χ2v) is 5.24. The molecular weight excluding hydrogens is 290 g/mol. The van der Waals surface area contributed by atoms with Crippen molar-refractivity contribution in [2.75, 3.05) is 14.1 Å². The molecule has 2 fully saturated rings. The van der Waals surface area contributed by atoms with Gasteiger partial charge in [-0.3, -0.25) is 21.6 Å². The van der Waals surface area contributed by atoms with Crippen LogP contribution < -0.4 is 11.7 Å². The second-order valence-electron chi connectivity index (χ2n) is 5.24. The zero-order valence-corrected chi connectivity index (χ0v) is 13.5. The van der Waals surface area contributed by atoms with Crippen LogP contribution >= 0.6 is 12.4 Å². The normalized spacial score (nSPS) is 16.0. The molecule has 0 amide bonds. The molecule has 7 heteroatoms. The van der Waals surface area contributed by atoms with Gasteiger partial charge in [-0.1, -0.05) is 0 Å². The van der Waals surface area contributed by atoms with E-state index >= 15 is 0 Å². The molecule has 6 nitrogen and oxygen atoms in total. The number of nitrogens with zero attached hydrogens (tertiary/aromatic N) is 2. The van der Waals surface area contributed by atoms with Crippen molar-refractivity contribution in [2.45, 2.75) is 31.6 Å². The SMILES string of the molecule is CN(C)/C=C\C(=O)C1CC1.Cl.NN.c1cc(C2CC2)[nH]n1. The number of hydrogen-bond donors (Lipinski definition) is 3. The molecular formula is C14H26ClN5O. The van der Waals surface area contributed by atoms with Crippen molar-refractivity contribution in [3.05, 3.63) is 30.2 Å². The van der Waals surface area contributed by atoms with Gasteiger partial charge in [-0.15, -0.1) is 12.4 Å². The first-order valence-electron chi connectivity index (χ1n) is 6.88. The maximum Gasteiger partial charge on any atom is 0.160 e. The Kier molecular flexibility index (Phi) is 9.69. The van der Waals surface area contributed by atoms with Crippen LogP contribution in [-0.4, -0.2) is 35.0 Å². The number of hydrogen-bond acceptors (Lipinski definition) is 5. The Morgan fingerprint density at radius 3 is 2.33 bits per heavy atom. The van der Waals surface area contributed by atoms with E-state index in [1.54, 1.807) is 12.3 Å². The van der Waals surface area contributed by atoms with Gasteiger partial charge in [0, 0.05) is 44.0 Å².